The Labute approximate surface area is 149 Å². The fraction of sp³-hybridized carbons (Fsp3) is 0.750. The molecule has 4 N–H and O–H groups in total. The molecule has 0 amide bonds. The van der Waals surface area contributed by atoms with Crippen molar-refractivity contribution in [2.75, 3.05) is 0 Å². The van der Waals surface area contributed by atoms with Crippen molar-refractivity contribution >= 4 is 5.97 Å². The second-order valence-electron chi connectivity index (χ2n) is 8.79. The highest BCUT2D eigenvalue weighted by Gasteiger charge is 2.74. The summed E-state index contributed by atoms with van der Waals surface area (Å²) < 4.78 is 0. The van der Waals surface area contributed by atoms with E-state index < -0.39 is 34.1 Å². The quantitative estimate of drug-likeness (QED) is 0.573. The zero-order valence-corrected chi connectivity index (χ0v) is 15.2. The minimum absolute atomic E-state index is 0.133. The molecule has 5 nitrogen and oxygen atoms in total. The van der Waals surface area contributed by atoms with Gasteiger partial charge in [0.2, 0.25) is 0 Å². The molecule has 3 fully saturated rings. The maximum Gasteiger partial charge on any atom is 0.314 e. The van der Waals surface area contributed by atoms with Crippen molar-refractivity contribution in [3.8, 4) is 0 Å². The maximum absolute atomic E-state index is 12.1. The van der Waals surface area contributed by atoms with Gasteiger partial charge in [0.15, 0.2) is 0 Å². The summed E-state index contributed by atoms with van der Waals surface area (Å²) >= 11 is 0. The molecule has 0 aromatic heterocycles. The topological polar surface area (TPSA) is 98.0 Å². The monoisotopic (exact) mass is 350 g/mol. The summed E-state index contributed by atoms with van der Waals surface area (Å²) in [4.78, 5) is 12.1. The molecule has 5 heteroatoms. The van der Waals surface area contributed by atoms with E-state index in [9.17, 15) is 25.2 Å². The lowest BCUT2D eigenvalue weighted by molar-refractivity contribution is -0.298. The van der Waals surface area contributed by atoms with E-state index in [-0.39, 0.29) is 24.7 Å². The number of aliphatic carboxylic acids is 1. The molecule has 25 heavy (non-hydrogen) atoms. The summed E-state index contributed by atoms with van der Waals surface area (Å²) in [7, 11) is 0. The van der Waals surface area contributed by atoms with Gasteiger partial charge in [-0.15, -0.1) is 6.58 Å². The van der Waals surface area contributed by atoms with Crippen molar-refractivity contribution in [1.82, 2.24) is 0 Å². The highest BCUT2D eigenvalue weighted by molar-refractivity contribution is 5.77. The number of rotatable bonds is 2. The third-order valence-electron chi connectivity index (χ3n) is 8.08. The van der Waals surface area contributed by atoms with Crippen LogP contribution >= 0.6 is 0 Å². The second kappa shape index (κ2) is 5.41. The summed E-state index contributed by atoms with van der Waals surface area (Å²) in [5.74, 6) is -1.70. The Morgan fingerprint density at radius 1 is 1.20 bits per heavy atom. The van der Waals surface area contributed by atoms with Gasteiger partial charge in [-0.3, -0.25) is 4.79 Å². The minimum atomic E-state index is -1.65. The van der Waals surface area contributed by atoms with E-state index in [4.69, 9.17) is 0 Å². The molecule has 140 valence electrons. The Hall–Kier alpha value is -1.17. The largest absolute Gasteiger partial charge is 0.481 e. The number of carboxylic acids is 1. The maximum atomic E-state index is 12.1. The van der Waals surface area contributed by atoms with Crippen LogP contribution in [0.25, 0.3) is 0 Å². The van der Waals surface area contributed by atoms with Crippen LogP contribution in [0.2, 0.25) is 0 Å². The summed E-state index contributed by atoms with van der Waals surface area (Å²) in [6.45, 7) is 11.3. The Morgan fingerprint density at radius 3 is 2.40 bits per heavy atom. The molecule has 3 saturated carbocycles. The van der Waals surface area contributed by atoms with Gasteiger partial charge in [0.25, 0.3) is 0 Å². The van der Waals surface area contributed by atoms with Gasteiger partial charge in [0, 0.05) is 11.3 Å². The van der Waals surface area contributed by atoms with Crippen molar-refractivity contribution in [3.05, 3.63) is 24.8 Å². The van der Waals surface area contributed by atoms with Crippen LogP contribution in [0.1, 0.15) is 52.4 Å². The molecule has 0 aromatic rings. The third-order valence-corrected chi connectivity index (χ3v) is 8.08. The first-order chi connectivity index (χ1) is 11.5. The molecule has 3 aliphatic rings. The van der Waals surface area contributed by atoms with E-state index in [0.717, 1.165) is 12.0 Å². The predicted molar refractivity (Wildman–Crippen MR) is 93.8 cm³/mol. The summed E-state index contributed by atoms with van der Waals surface area (Å²) in [5, 5.41) is 43.6. The lowest BCUT2D eigenvalue weighted by atomic mass is 9.39. The first-order valence-electron chi connectivity index (χ1n) is 9.15. The van der Waals surface area contributed by atoms with Crippen LogP contribution < -0.4 is 0 Å². The Kier molecular flexibility index (Phi) is 4.03. The van der Waals surface area contributed by atoms with Crippen molar-refractivity contribution < 1.29 is 25.2 Å². The van der Waals surface area contributed by atoms with E-state index in [2.05, 4.69) is 13.2 Å². The first kappa shape index (κ1) is 18.6. The van der Waals surface area contributed by atoms with Crippen molar-refractivity contribution in [3.63, 3.8) is 0 Å². The average molecular weight is 350 g/mol. The van der Waals surface area contributed by atoms with Gasteiger partial charge in [-0.05, 0) is 51.4 Å². The zero-order chi connectivity index (χ0) is 18.8. The van der Waals surface area contributed by atoms with Gasteiger partial charge < -0.3 is 20.4 Å². The van der Waals surface area contributed by atoms with Crippen molar-refractivity contribution in [1.29, 1.82) is 0 Å². The van der Waals surface area contributed by atoms with Crippen LogP contribution in [0.15, 0.2) is 24.8 Å². The van der Waals surface area contributed by atoms with E-state index in [1.807, 2.05) is 6.92 Å². The smallest absolute Gasteiger partial charge is 0.314 e. The molecular formula is C20H30O5. The van der Waals surface area contributed by atoms with Crippen molar-refractivity contribution in [2.24, 2.45) is 22.7 Å². The zero-order valence-electron chi connectivity index (χ0n) is 15.2. The molecule has 3 aliphatic carbocycles. The SMILES string of the molecule is C=C[C@@H]1C(=C)CC[C@H]2[C@@]1(O)CC[C@]1(O)[C@]2(C)CC[C@@H](O)[C@@]1(C)C(=O)O. The number of hydrogen-bond acceptors (Lipinski definition) is 4. The van der Waals surface area contributed by atoms with Gasteiger partial charge in [0.05, 0.1) is 17.3 Å². The normalized spacial score (nSPS) is 52.8. The number of carboxylic acid groups (broad SMARTS) is 1. The highest BCUT2D eigenvalue weighted by Crippen LogP contribution is 2.68. The number of carbonyl (C=O) groups is 1. The van der Waals surface area contributed by atoms with E-state index in [0.29, 0.717) is 19.3 Å². The van der Waals surface area contributed by atoms with Crippen LogP contribution in [0.5, 0.6) is 0 Å². The fourth-order valence-corrected chi connectivity index (χ4v) is 6.39. The number of fused-ring (bicyclic) bond motifs is 3. The minimum Gasteiger partial charge on any atom is -0.481 e. The average Bonchev–Trinajstić information content (AvgIpc) is 2.54. The summed E-state index contributed by atoms with van der Waals surface area (Å²) in [6.07, 6.45) is 3.19. The molecule has 0 aliphatic heterocycles. The molecule has 0 aromatic carbocycles. The molecular weight excluding hydrogens is 320 g/mol. The van der Waals surface area contributed by atoms with Gasteiger partial charge in [-0.2, -0.15) is 0 Å². The van der Waals surface area contributed by atoms with Gasteiger partial charge >= 0.3 is 5.97 Å². The van der Waals surface area contributed by atoms with Gasteiger partial charge in [0.1, 0.15) is 5.41 Å². The number of aliphatic hydroxyl groups is 3. The van der Waals surface area contributed by atoms with Gasteiger partial charge in [-0.25, -0.2) is 0 Å². The molecule has 7 atom stereocenters. The highest BCUT2D eigenvalue weighted by atomic mass is 16.4. The number of aliphatic hydroxyl groups excluding tert-OH is 1. The standard InChI is InChI=1S/C20H30O5/c1-5-13-12(2)6-7-14-17(3)9-8-15(21)18(4,16(22)23)20(17,25)11-10-19(13,14)24/h5,13-15,21,24-25H,1-2,6-11H2,3-4H3,(H,22,23)/t13-,14-,15-,17-,18+,19-,20+/m1/s1. The van der Waals surface area contributed by atoms with E-state index in [1.54, 1.807) is 6.08 Å². The lowest BCUT2D eigenvalue weighted by Gasteiger charge is -2.68. The Balaban J connectivity index is 2.15. The van der Waals surface area contributed by atoms with E-state index >= 15 is 0 Å². The molecule has 0 bridgehead atoms. The molecule has 0 saturated heterocycles. The first-order valence-corrected chi connectivity index (χ1v) is 9.15. The molecule has 0 spiro atoms. The molecule has 0 unspecified atom stereocenters. The summed E-state index contributed by atoms with van der Waals surface area (Å²) in [5.41, 5.74) is -4.15. The summed E-state index contributed by atoms with van der Waals surface area (Å²) in [6, 6.07) is 0. The lowest BCUT2D eigenvalue weighted by Crippen LogP contribution is -2.75. The van der Waals surface area contributed by atoms with Crippen LogP contribution in [-0.2, 0) is 4.79 Å². The molecule has 3 rings (SSSR count). The van der Waals surface area contributed by atoms with Crippen LogP contribution in [0, 0.1) is 22.7 Å². The molecule has 0 radical (unpaired) electrons. The Bertz CT molecular complexity index is 630. The fourth-order valence-electron chi connectivity index (χ4n) is 6.39. The van der Waals surface area contributed by atoms with E-state index in [1.165, 1.54) is 6.92 Å². The second-order valence-corrected chi connectivity index (χ2v) is 8.79. The van der Waals surface area contributed by atoms with Crippen LogP contribution in [0.4, 0.5) is 0 Å². The van der Waals surface area contributed by atoms with Crippen LogP contribution in [0.3, 0.4) is 0 Å². The van der Waals surface area contributed by atoms with Crippen LogP contribution in [-0.4, -0.2) is 43.7 Å². The number of hydrogen-bond donors (Lipinski definition) is 4. The molecule has 0 heterocycles. The van der Waals surface area contributed by atoms with Crippen molar-refractivity contribution in [2.45, 2.75) is 69.7 Å². The third kappa shape index (κ3) is 1.97. The Morgan fingerprint density at radius 2 is 1.84 bits per heavy atom. The predicted octanol–water partition coefficient (Wildman–Crippen LogP) is 2.26. The van der Waals surface area contributed by atoms with Gasteiger partial charge in [-0.1, -0.05) is 25.2 Å².